The van der Waals surface area contributed by atoms with E-state index in [-0.39, 0.29) is 0 Å². The quantitative estimate of drug-likeness (QED) is 0.423. The van der Waals surface area contributed by atoms with Crippen molar-refractivity contribution >= 4 is 5.97 Å². The molecule has 0 aromatic rings. The van der Waals surface area contributed by atoms with Gasteiger partial charge in [0.15, 0.2) is 0 Å². The second-order valence-corrected chi connectivity index (χ2v) is 4.42. The maximum Gasteiger partial charge on any atom is 0.328 e. The van der Waals surface area contributed by atoms with Gasteiger partial charge in [-0.05, 0) is 46.1 Å². The van der Waals surface area contributed by atoms with Crippen LogP contribution in [0.5, 0.6) is 0 Å². The largest absolute Gasteiger partial charge is 0.478 e. The lowest BCUT2D eigenvalue weighted by Crippen LogP contribution is -1.87. The molecule has 0 atom stereocenters. The van der Waals surface area contributed by atoms with Crippen LogP contribution in [0.15, 0.2) is 47.1 Å². The summed E-state index contributed by atoms with van der Waals surface area (Å²) in [5, 5.41) is 8.53. The Hall–Kier alpha value is -1.57. The lowest BCUT2D eigenvalue weighted by Gasteiger charge is -1.96. The summed E-state index contributed by atoms with van der Waals surface area (Å²) in [6.45, 7) is 8.05. The van der Waals surface area contributed by atoms with E-state index in [0.717, 1.165) is 18.4 Å². The first-order valence-corrected chi connectivity index (χ1v) is 5.80. The van der Waals surface area contributed by atoms with Crippen molar-refractivity contribution in [2.75, 3.05) is 0 Å². The first-order valence-electron chi connectivity index (χ1n) is 5.80. The van der Waals surface area contributed by atoms with Crippen LogP contribution < -0.4 is 0 Å². The van der Waals surface area contributed by atoms with Gasteiger partial charge >= 0.3 is 5.97 Å². The van der Waals surface area contributed by atoms with Crippen molar-refractivity contribution in [3.05, 3.63) is 47.1 Å². The van der Waals surface area contributed by atoms with Gasteiger partial charge in [-0.2, -0.15) is 0 Å². The molecule has 0 radical (unpaired) electrons. The Balaban J connectivity index is 4.19. The molecule has 0 bridgehead atoms. The van der Waals surface area contributed by atoms with Gasteiger partial charge in [0.2, 0.25) is 0 Å². The van der Waals surface area contributed by atoms with Gasteiger partial charge < -0.3 is 5.11 Å². The summed E-state index contributed by atoms with van der Waals surface area (Å²) in [6.07, 6.45) is 11.2. The number of carboxylic acids is 1. The zero-order valence-corrected chi connectivity index (χ0v) is 11.2. The Morgan fingerprint density at radius 1 is 1.18 bits per heavy atom. The van der Waals surface area contributed by atoms with Crippen LogP contribution in [0.1, 0.15) is 40.5 Å². The SMILES string of the molecule is CC(C)=CCCC(C)=CC=CC(C)=CC(=O)O. The highest BCUT2D eigenvalue weighted by Gasteiger charge is 1.89. The van der Waals surface area contributed by atoms with Crippen molar-refractivity contribution in [1.29, 1.82) is 0 Å². The van der Waals surface area contributed by atoms with Crippen LogP contribution in [-0.2, 0) is 4.79 Å². The second-order valence-electron chi connectivity index (χ2n) is 4.42. The fourth-order valence-corrected chi connectivity index (χ4v) is 1.28. The number of aliphatic carboxylic acids is 1. The molecule has 0 fully saturated rings. The zero-order chi connectivity index (χ0) is 13.3. The lowest BCUT2D eigenvalue weighted by atomic mass is 10.1. The minimum Gasteiger partial charge on any atom is -0.478 e. The second kappa shape index (κ2) is 8.57. The van der Waals surface area contributed by atoms with E-state index < -0.39 is 5.97 Å². The monoisotopic (exact) mass is 234 g/mol. The molecule has 0 heterocycles. The van der Waals surface area contributed by atoms with Crippen LogP contribution in [-0.4, -0.2) is 11.1 Å². The predicted molar refractivity (Wildman–Crippen MR) is 73.0 cm³/mol. The molecule has 1 N–H and O–H groups in total. The summed E-state index contributed by atoms with van der Waals surface area (Å²) in [4.78, 5) is 10.4. The van der Waals surface area contributed by atoms with Gasteiger partial charge in [-0.3, -0.25) is 0 Å². The molecule has 0 aromatic heterocycles. The van der Waals surface area contributed by atoms with Crippen LogP contribution >= 0.6 is 0 Å². The van der Waals surface area contributed by atoms with Gasteiger partial charge in [0.25, 0.3) is 0 Å². The van der Waals surface area contributed by atoms with E-state index in [2.05, 4.69) is 26.8 Å². The first kappa shape index (κ1) is 15.4. The van der Waals surface area contributed by atoms with Gasteiger partial charge in [-0.1, -0.05) is 35.5 Å². The summed E-state index contributed by atoms with van der Waals surface area (Å²) < 4.78 is 0. The number of hydrogen-bond acceptors (Lipinski definition) is 1. The van der Waals surface area contributed by atoms with Crippen molar-refractivity contribution in [3.63, 3.8) is 0 Å². The van der Waals surface area contributed by atoms with Crippen molar-refractivity contribution in [3.8, 4) is 0 Å². The van der Waals surface area contributed by atoms with E-state index in [1.807, 2.05) is 12.2 Å². The fraction of sp³-hybridized carbons (Fsp3) is 0.400. The smallest absolute Gasteiger partial charge is 0.328 e. The molecule has 0 amide bonds. The van der Waals surface area contributed by atoms with E-state index >= 15 is 0 Å². The molecular weight excluding hydrogens is 212 g/mol. The average Bonchev–Trinajstić information content (AvgIpc) is 2.15. The molecule has 94 valence electrons. The minimum absolute atomic E-state index is 0.742. The molecule has 0 unspecified atom stereocenters. The van der Waals surface area contributed by atoms with Crippen molar-refractivity contribution in [1.82, 2.24) is 0 Å². The molecule has 0 aromatic carbocycles. The summed E-state index contributed by atoms with van der Waals surface area (Å²) in [5.41, 5.74) is 3.38. The maximum atomic E-state index is 10.4. The normalized spacial score (nSPS) is 12.9. The van der Waals surface area contributed by atoms with Crippen molar-refractivity contribution in [2.45, 2.75) is 40.5 Å². The average molecular weight is 234 g/mol. The topological polar surface area (TPSA) is 37.3 Å². The third-order valence-electron chi connectivity index (χ3n) is 2.18. The summed E-state index contributed by atoms with van der Waals surface area (Å²) in [5.74, 6) is -0.906. The van der Waals surface area contributed by atoms with Crippen LogP contribution in [0.4, 0.5) is 0 Å². The van der Waals surface area contributed by atoms with E-state index in [1.165, 1.54) is 17.2 Å². The first-order chi connectivity index (χ1) is 7.91. The van der Waals surface area contributed by atoms with Crippen LogP contribution in [0.2, 0.25) is 0 Å². The predicted octanol–water partition coefficient (Wildman–Crippen LogP) is 4.27. The highest BCUT2D eigenvalue weighted by Crippen LogP contribution is 2.07. The summed E-state index contributed by atoms with van der Waals surface area (Å²) >= 11 is 0. The van der Waals surface area contributed by atoms with Gasteiger partial charge in [0.05, 0.1) is 0 Å². The van der Waals surface area contributed by atoms with Gasteiger partial charge in [0, 0.05) is 6.08 Å². The van der Waals surface area contributed by atoms with Gasteiger partial charge in [-0.25, -0.2) is 4.79 Å². The number of carbonyl (C=O) groups is 1. The van der Waals surface area contributed by atoms with E-state index in [1.54, 1.807) is 13.0 Å². The Kier molecular flexibility index (Phi) is 7.78. The van der Waals surface area contributed by atoms with Crippen molar-refractivity contribution in [2.24, 2.45) is 0 Å². The molecule has 0 saturated carbocycles. The molecule has 0 aliphatic rings. The van der Waals surface area contributed by atoms with Crippen LogP contribution in [0.3, 0.4) is 0 Å². The third-order valence-corrected chi connectivity index (χ3v) is 2.18. The summed E-state index contributed by atoms with van der Waals surface area (Å²) in [6, 6.07) is 0. The lowest BCUT2D eigenvalue weighted by molar-refractivity contribution is -0.131. The summed E-state index contributed by atoms with van der Waals surface area (Å²) in [7, 11) is 0. The minimum atomic E-state index is -0.906. The van der Waals surface area contributed by atoms with E-state index in [9.17, 15) is 4.79 Å². The van der Waals surface area contributed by atoms with Crippen molar-refractivity contribution < 1.29 is 9.90 Å². The fourth-order valence-electron chi connectivity index (χ4n) is 1.28. The standard InChI is InChI=1S/C15H22O2/c1-12(2)7-5-8-13(3)9-6-10-14(4)11-15(16)17/h6-7,9-11H,5,8H2,1-4H3,(H,16,17). The molecule has 2 heteroatoms. The molecular formula is C15H22O2. The van der Waals surface area contributed by atoms with Gasteiger partial charge in [0.1, 0.15) is 0 Å². The highest BCUT2D eigenvalue weighted by molar-refractivity contribution is 5.81. The molecule has 0 aliphatic carbocycles. The maximum absolute atomic E-state index is 10.4. The molecule has 2 nitrogen and oxygen atoms in total. The Labute approximate surface area is 104 Å². The number of carboxylic acid groups (broad SMARTS) is 1. The van der Waals surface area contributed by atoms with E-state index in [4.69, 9.17) is 5.11 Å². The van der Waals surface area contributed by atoms with Gasteiger partial charge in [-0.15, -0.1) is 0 Å². The molecule has 0 spiro atoms. The molecule has 17 heavy (non-hydrogen) atoms. The highest BCUT2D eigenvalue weighted by atomic mass is 16.4. The Morgan fingerprint density at radius 2 is 1.82 bits per heavy atom. The molecule has 0 rings (SSSR count). The van der Waals surface area contributed by atoms with Crippen LogP contribution in [0.25, 0.3) is 0 Å². The number of allylic oxidation sites excluding steroid dienone is 7. The Bertz CT molecular complexity index is 364. The molecule has 0 saturated heterocycles. The zero-order valence-electron chi connectivity index (χ0n) is 11.2. The number of hydrogen-bond donors (Lipinski definition) is 1. The van der Waals surface area contributed by atoms with E-state index in [0.29, 0.717) is 0 Å². The number of rotatable bonds is 6. The third kappa shape index (κ3) is 10.7. The molecule has 0 aliphatic heterocycles. The van der Waals surface area contributed by atoms with Crippen LogP contribution in [0, 0.1) is 0 Å². The Morgan fingerprint density at radius 3 is 2.35 bits per heavy atom.